The van der Waals surface area contributed by atoms with E-state index < -0.39 is 246 Å². The van der Waals surface area contributed by atoms with Crippen molar-refractivity contribution >= 4 is 45.4 Å². The van der Waals surface area contributed by atoms with Crippen LogP contribution in [0.3, 0.4) is 0 Å². The van der Waals surface area contributed by atoms with Gasteiger partial charge in [0.2, 0.25) is 0 Å². The van der Waals surface area contributed by atoms with E-state index in [4.69, 9.17) is 65.6 Å². The second kappa shape index (κ2) is 30.4. The summed E-state index contributed by atoms with van der Waals surface area (Å²) in [6.07, 6.45) is -38.1. The van der Waals surface area contributed by atoms with E-state index in [9.17, 15) is 121 Å². The Morgan fingerprint density at radius 1 is 0.410 bits per heavy atom. The van der Waals surface area contributed by atoms with Gasteiger partial charge in [-0.25, -0.2) is 42.2 Å². The molecule has 0 amide bonds. The number of anilines is 1. The van der Waals surface area contributed by atoms with Gasteiger partial charge in [-0.1, -0.05) is 0 Å². The highest BCUT2D eigenvalue weighted by Gasteiger charge is 2.56. The topological polar surface area (TPSA) is 717 Å². The standard InChI is InChI=1S/C45H56N11O39P5/c46-21-1-6-52(41(67)47-21)36-27(62)26(61)16(87-36)12-83-97(74,75)93-33-18(89-38(29(33)64)54-8-3-23(58)49-43(54)69)14-85-99(78,79)95-35-20(91-40(31(35)66)56-10-5-25(60)51-45(56)71)15-86-100(80,81)94-34-19(90-39(30(34)65)55-9-4-24(59)50-44(55)70)13-84-98(76,77)92-32-17(11-82-96(72)73)88-37(28(32)63)53-7-2-22(57)48-42(53)68/h1-10,16-20,26-40,61-66H,11-15H2,(H10-,46,47,48,49,50,51,57,58,59,60,67,68,69,70,71,72,73,74,75,76,77,78,79,80,81)/p+1/t16-,17-,18-,19-,20-,26-,27-,28-,29-,30-,31-,32-,33-,34-,35-,36-,37-,38-,39-,40-/m1/s1. The summed E-state index contributed by atoms with van der Waals surface area (Å²) in [4.78, 5) is 176. The molecule has 0 bridgehead atoms. The van der Waals surface area contributed by atoms with Crippen LogP contribution in [-0.4, -0.2) is 227 Å². The number of phosphoric acid groups is 4. The van der Waals surface area contributed by atoms with Crippen molar-refractivity contribution in [1.82, 2.24) is 47.8 Å². The maximum absolute atomic E-state index is 14.1. The minimum absolute atomic E-state index is 0.226. The van der Waals surface area contributed by atoms with Gasteiger partial charge < -0.3 is 79.6 Å². The van der Waals surface area contributed by atoms with E-state index in [1.807, 2.05) is 19.9 Å². The first kappa shape index (κ1) is 76.1. The summed E-state index contributed by atoms with van der Waals surface area (Å²) >= 11 is 0. The van der Waals surface area contributed by atoms with Crippen LogP contribution in [0.25, 0.3) is 0 Å². The number of rotatable bonds is 28. The number of nitrogen functional groups attached to an aromatic ring is 1. The second-order valence-corrected chi connectivity index (χ2v) is 28.1. The van der Waals surface area contributed by atoms with Crippen LogP contribution in [0.2, 0.25) is 0 Å². The van der Waals surface area contributed by atoms with E-state index in [2.05, 4.69) is 9.51 Å². The molecule has 0 aliphatic carbocycles. The largest absolute Gasteiger partial charge is 0.694 e. The molecule has 50 nitrogen and oxygen atoms in total. The molecule has 0 aromatic carbocycles. The Hall–Kier alpha value is -6.58. The quantitative estimate of drug-likeness (QED) is 0.0207. The summed E-state index contributed by atoms with van der Waals surface area (Å²) in [6.45, 7) is -6.44. The molecule has 55 heteroatoms. The van der Waals surface area contributed by atoms with Crippen LogP contribution in [0.1, 0.15) is 31.1 Å². The SMILES string of the molecule is Nc1ccn([C@@H]2O[C@H](COP(=O)(O)O[C@H]3[C@@H](O)[C@H](n4ccc(=O)[nH]c4=O)O[C@@H]3COP(=O)(O)O[C@H]3[C@@H](O)[C@H](n4ccc(=O)[nH]c4=O)O[C@@H]3COP(=O)(O)O[C@H]3[C@@H](O)[C@H](n4ccc(=O)[nH]c4=O)O[C@@H]3COP(=O)(O)O[C@H]3[C@@H](O)[C@H](n4ccc(=O)[nH]c4=O)O[C@@H]3CO[P+](=O)O)[C@@H](O)[C@H]2O)c(=O)n1. The summed E-state index contributed by atoms with van der Waals surface area (Å²) in [5, 5.41) is 67.3. The van der Waals surface area contributed by atoms with Gasteiger partial charge >= 0.3 is 68.0 Å². The fourth-order valence-corrected chi connectivity index (χ4v) is 14.8. The Balaban J connectivity index is 0.856. The molecular weight excluding hydrogens is 1470 g/mol. The van der Waals surface area contributed by atoms with Crippen molar-refractivity contribution in [2.45, 2.75) is 123 Å². The lowest BCUT2D eigenvalue weighted by atomic mass is 10.1. The normalized spacial score (nSPS) is 33.2. The van der Waals surface area contributed by atoms with Crippen molar-refractivity contribution in [1.29, 1.82) is 0 Å². The molecule has 17 N–H and O–H groups in total. The maximum Gasteiger partial charge on any atom is 0.694 e. The molecule has 25 atom stereocenters. The van der Waals surface area contributed by atoms with Gasteiger partial charge in [-0.15, -0.1) is 9.42 Å². The lowest BCUT2D eigenvalue weighted by molar-refractivity contribution is -0.0664. The molecule has 5 aliphatic heterocycles. The zero-order valence-electron chi connectivity index (χ0n) is 49.7. The number of ether oxygens (including phenoxy) is 5. The average molecular weight is 1530 g/mol. The van der Waals surface area contributed by atoms with Gasteiger partial charge in [0, 0.05) is 59.8 Å². The number of hydrogen-bond donors (Lipinski definition) is 16. The van der Waals surface area contributed by atoms with E-state index in [1.165, 1.54) is 0 Å². The third kappa shape index (κ3) is 17.4. The van der Waals surface area contributed by atoms with Crippen molar-refractivity contribution in [2.24, 2.45) is 0 Å². The minimum atomic E-state index is -5.97. The summed E-state index contributed by atoms with van der Waals surface area (Å²) in [6, 6.07) is 4.18. The number of phosphoric ester groups is 4. The molecule has 5 unspecified atom stereocenters. The van der Waals surface area contributed by atoms with Gasteiger partial charge in [0.05, 0.1) is 26.4 Å². The predicted octanol–water partition coefficient (Wildman–Crippen LogP) is -8.65. The molecule has 10 heterocycles. The summed E-state index contributed by atoms with van der Waals surface area (Å²) in [5.74, 6) is -0.226. The number of nitrogens with zero attached hydrogens (tertiary/aromatic N) is 6. The van der Waals surface area contributed by atoms with Crippen molar-refractivity contribution in [2.75, 3.05) is 38.8 Å². The number of hydrogen-bond acceptors (Lipinski definition) is 36. The first-order valence-electron chi connectivity index (χ1n) is 28.3. The highest BCUT2D eigenvalue weighted by Crippen LogP contribution is 2.55. The number of aromatic nitrogens is 10. The average Bonchev–Trinajstić information content (AvgIpc) is 1.65. The Labute approximate surface area is 550 Å². The van der Waals surface area contributed by atoms with Gasteiger partial charge in [-0.2, -0.15) is 4.98 Å². The zero-order chi connectivity index (χ0) is 72.8. The van der Waals surface area contributed by atoms with Crippen LogP contribution in [0, 0.1) is 0 Å². The highest BCUT2D eigenvalue weighted by atomic mass is 31.2. The lowest BCUT2D eigenvalue weighted by Crippen LogP contribution is -2.40. The third-order valence-electron chi connectivity index (χ3n) is 15.2. The van der Waals surface area contributed by atoms with Crippen molar-refractivity contribution in [3.8, 4) is 0 Å². The van der Waals surface area contributed by atoms with E-state index >= 15 is 0 Å². The monoisotopic (exact) mass is 1530 g/mol. The van der Waals surface area contributed by atoms with Crippen LogP contribution in [-0.2, 0) is 87.2 Å². The fraction of sp³-hybridized carbons (Fsp3) is 0.556. The van der Waals surface area contributed by atoms with Crippen molar-refractivity contribution in [3.05, 3.63) is 155 Å². The van der Waals surface area contributed by atoms with E-state index in [1.54, 1.807) is 0 Å². The molecule has 550 valence electrons. The Bertz CT molecular complexity index is 4620. The van der Waals surface area contributed by atoms with Gasteiger partial charge in [0.25, 0.3) is 22.2 Å². The predicted molar refractivity (Wildman–Crippen MR) is 312 cm³/mol. The summed E-state index contributed by atoms with van der Waals surface area (Å²) < 4.78 is 143. The Morgan fingerprint density at radius 2 is 0.670 bits per heavy atom. The number of H-pyrrole nitrogens is 4. The van der Waals surface area contributed by atoms with Gasteiger partial charge in [0.15, 0.2) is 31.1 Å². The van der Waals surface area contributed by atoms with Gasteiger partial charge in [-0.05, 0) is 6.07 Å². The van der Waals surface area contributed by atoms with Gasteiger partial charge in [0.1, 0.15) is 104 Å². The van der Waals surface area contributed by atoms with Gasteiger partial charge in [-0.3, -0.25) is 98.1 Å². The van der Waals surface area contributed by atoms with Crippen LogP contribution < -0.4 is 56.4 Å². The van der Waals surface area contributed by atoms with Crippen LogP contribution >= 0.6 is 39.5 Å². The molecule has 0 saturated carbocycles. The molecule has 5 aliphatic rings. The minimum Gasteiger partial charge on any atom is -0.387 e. The molecule has 0 spiro atoms. The summed E-state index contributed by atoms with van der Waals surface area (Å²) in [7, 11) is -26.7. The zero-order valence-corrected chi connectivity index (χ0v) is 54.2. The third-order valence-corrected chi connectivity index (χ3v) is 19.5. The number of aliphatic hydroxyl groups is 6. The molecule has 10 rings (SSSR count). The van der Waals surface area contributed by atoms with E-state index in [-0.39, 0.29) is 5.82 Å². The maximum atomic E-state index is 14.1. The second-order valence-electron chi connectivity index (χ2n) is 21.8. The molecule has 100 heavy (non-hydrogen) atoms. The molecular formula is C45H57N11O39P5+. The number of nitrogens with two attached hydrogens (primary N) is 1. The first-order chi connectivity index (χ1) is 46.9. The Kier molecular flexibility index (Phi) is 23.1. The molecule has 5 aromatic rings. The molecule has 5 saturated heterocycles. The van der Waals surface area contributed by atoms with E-state index in [0.717, 1.165) is 61.3 Å². The number of aromatic amines is 4. The van der Waals surface area contributed by atoms with Crippen molar-refractivity contribution in [3.63, 3.8) is 0 Å². The molecule has 0 radical (unpaired) electrons. The smallest absolute Gasteiger partial charge is 0.387 e. The Morgan fingerprint density at radius 3 is 0.950 bits per heavy atom. The van der Waals surface area contributed by atoms with E-state index in [0.29, 0.717) is 22.8 Å². The number of nitrogens with one attached hydrogen (secondary N) is 4. The number of aliphatic hydroxyl groups excluding tert-OH is 6. The van der Waals surface area contributed by atoms with Crippen molar-refractivity contribution < 1.29 is 142 Å². The van der Waals surface area contributed by atoms with Crippen LogP contribution in [0.15, 0.2) is 104 Å². The lowest BCUT2D eigenvalue weighted by Gasteiger charge is -2.27. The fourth-order valence-electron chi connectivity index (χ4n) is 10.6. The van der Waals surface area contributed by atoms with Crippen LogP contribution in [0.5, 0.6) is 0 Å². The molecule has 5 aromatic heterocycles. The first-order valence-corrected chi connectivity index (χ1v) is 35.4. The molecule has 5 fully saturated rings. The van der Waals surface area contributed by atoms with Crippen LogP contribution in [0.4, 0.5) is 5.82 Å². The summed E-state index contributed by atoms with van der Waals surface area (Å²) in [5.41, 5.74) is -4.50. The highest BCUT2D eigenvalue weighted by molar-refractivity contribution is 7.48.